The minimum absolute atomic E-state index is 0.546. The maximum absolute atomic E-state index is 5.53. The van der Waals surface area contributed by atoms with E-state index in [9.17, 15) is 0 Å². The number of nitrogens with one attached hydrogen (secondary N) is 1. The first-order valence-electron chi connectivity index (χ1n) is 6.43. The highest BCUT2D eigenvalue weighted by Gasteiger charge is 2.07. The molecule has 0 unspecified atom stereocenters. The molecule has 0 atom stereocenters. The van der Waals surface area contributed by atoms with Crippen LogP contribution in [-0.2, 0) is 6.42 Å². The first kappa shape index (κ1) is 11.6. The minimum atomic E-state index is 0.546. The number of para-hydroxylation sites is 1. The van der Waals surface area contributed by atoms with E-state index in [2.05, 4.69) is 29.6 Å². The quantitative estimate of drug-likeness (QED) is 0.649. The van der Waals surface area contributed by atoms with E-state index in [1.807, 2.05) is 0 Å². The van der Waals surface area contributed by atoms with Gasteiger partial charge in [-0.25, -0.2) is 0 Å². The number of fused-ring (bicyclic) bond motifs is 1. The summed E-state index contributed by atoms with van der Waals surface area (Å²) in [5.41, 5.74) is 2.79. The van der Waals surface area contributed by atoms with Crippen LogP contribution in [0.4, 0.5) is 5.69 Å². The third-order valence-electron chi connectivity index (χ3n) is 3.36. The predicted octanol–water partition coefficient (Wildman–Crippen LogP) is 3.56. The molecule has 1 aromatic carbocycles. The molecular formula is C14H20BN. The standard InChI is InChI=1S/C9H11N.C5H9B/c1-2-6-9-8(4-1)5-3-7-10-9;6-5-3-1-2-4-5/h1-2,4,6,10H,3,5,7H2;5H,1-4H2. The summed E-state index contributed by atoms with van der Waals surface area (Å²) in [4.78, 5) is 0. The molecule has 1 N–H and O–H groups in total. The first-order chi connectivity index (χ1) is 7.86. The molecule has 1 fully saturated rings. The van der Waals surface area contributed by atoms with Gasteiger partial charge in [0, 0.05) is 12.2 Å². The molecule has 2 radical (unpaired) electrons. The average Bonchev–Trinajstić information content (AvgIpc) is 2.81. The monoisotopic (exact) mass is 213 g/mol. The van der Waals surface area contributed by atoms with Crippen LogP contribution in [-0.4, -0.2) is 14.4 Å². The van der Waals surface area contributed by atoms with Crippen LogP contribution in [0.15, 0.2) is 24.3 Å². The van der Waals surface area contributed by atoms with Gasteiger partial charge in [0.2, 0.25) is 0 Å². The lowest BCUT2D eigenvalue weighted by atomic mass is 9.86. The average molecular weight is 213 g/mol. The van der Waals surface area contributed by atoms with Gasteiger partial charge in [-0.15, -0.1) is 0 Å². The molecule has 1 aliphatic heterocycles. The van der Waals surface area contributed by atoms with Crippen molar-refractivity contribution in [3.8, 4) is 0 Å². The van der Waals surface area contributed by atoms with Gasteiger partial charge >= 0.3 is 0 Å². The van der Waals surface area contributed by atoms with Gasteiger partial charge in [0.15, 0.2) is 0 Å². The molecule has 2 aliphatic rings. The van der Waals surface area contributed by atoms with Gasteiger partial charge in [0.25, 0.3) is 0 Å². The number of rotatable bonds is 0. The number of hydrogen-bond acceptors (Lipinski definition) is 1. The zero-order valence-electron chi connectivity index (χ0n) is 9.91. The molecule has 2 heteroatoms. The van der Waals surface area contributed by atoms with Crippen LogP contribution in [0, 0.1) is 0 Å². The van der Waals surface area contributed by atoms with Gasteiger partial charge in [-0.2, -0.15) is 0 Å². The smallest absolute Gasteiger partial charge is 0.0699 e. The summed E-state index contributed by atoms with van der Waals surface area (Å²) in [7, 11) is 5.53. The van der Waals surface area contributed by atoms with E-state index >= 15 is 0 Å². The Morgan fingerprint density at radius 2 is 1.81 bits per heavy atom. The van der Waals surface area contributed by atoms with Crippen LogP contribution in [0.2, 0.25) is 5.82 Å². The second kappa shape index (κ2) is 5.98. The Hall–Kier alpha value is -0.915. The van der Waals surface area contributed by atoms with Crippen LogP contribution in [0.3, 0.4) is 0 Å². The van der Waals surface area contributed by atoms with Crippen LogP contribution in [0.25, 0.3) is 0 Å². The van der Waals surface area contributed by atoms with Gasteiger partial charge in [0.05, 0.1) is 7.85 Å². The van der Waals surface area contributed by atoms with Gasteiger partial charge in [-0.05, 0) is 24.5 Å². The molecule has 1 saturated carbocycles. The summed E-state index contributed by atoms with van der Waals surface area (Å²) in [6.07, 6.45) is 7.77. The Labute approximate surface area is 100 Å². The second-order valence-corrected chi connectivity index (χ2v) is 4.73. The van der Waals surface area contributed by atoms with Crippen molar-refractivity contribution in [2.45, 2.75) is 44.3 Å². The topological polar surface area (TPSA) is 12.0 Å². The SMILES string of the molecule is [B]C1CCCC1.c1ccc2c(c1)CCCN2. The highest BCUT2D eigenvalue weighted by molar-refractivity contribution is 6.11. The maximum atomic E-state index is 5.53. The van der Waals surface area contributed by atoms with E-state index in [0.717, 1.165) is 6.54 Å². The van der Waals surface area contributed by atoms with Crippen LogP contribution in [0.1, 0.15) is 37.7 Å². The number of anilines is 1. The van der Waals surface area contributed by atoms with E-state index in [-0.39, 0.29) is 0 Å². The molecule has 1 aromatic rings. The molecule has 1 nitrogen and oxygen atoms in total. The highest BCUT2D eigenvalue weighted by Crippen LogP contribution is 2.26. The van der Waals surface area contributed by atoms with Crippen molar-refractivity contribution in [3.05, 3.63) is 29.8 Å². The largest absolute Gasteiger partial charge is 0.385 e. The Balaban J connectivity index is 0.000000138. The fraction of sp³-hybridized carbons (Fsp3) is 0.571. The molecule has 0 aromatic heterocycles. The van der Waals surface area contributed by atoms with E-state index < -0.39 is 0 Å². The van der Waals surface area contributed by atoms with Gasteiger partial charge in [-0.3, -0.25) is 0 Å². The fourth-order valence-corrected chi connectivity index (χ4v) is 2.37. The number of aryl methyl sites for hydroxylation is 1. The molecule has 84 valence electrons. The summed E-state index contributed by atoms with van der Waals surface area (Å²) >= 11 is 0. The van der Waals surface area contributed by atoms with Gasteiger partial charge in [0.1, 0.15) is 0 Å². The summed E-state index contributed by atoms with van der Waals surface area (Å²) in [6.45, 7) is 1.14. The zero-order valence-corrected chi connectivity index (χ0v) is 9.91. The second-order valence-electron chi connectivity index (χ2n) is 4.73. The molecule has 3 rings (SSSR count). The van der Waals surface area contributed by atoms with E-state index in [1.165, 1.54) is 49.8 Å². The van der Waals surface area contributed by atoms with Gasteiger partial charge in [-0.1, -0.05) is 49.7 Å². The molecule has 1 heterocycles. The molecule has 1 aliphatic carbocycles. The lowest BCUT2D eigenvalue weighted by Gasteiger charge is -2.16. The third-order valence-corrected chi connectivity index (χ3v) is 3.36. The molecule has 16 heavy (non-hydrogen) atoms. The third kappa shape index (κ3) is 3.29. The summed E-state index contributed by atoms with van der Waals surface area (Å²) in [6, 6.07) is 8.53. The Bertz CT molecular complexity index is 293. The molecule has 0 saturated heterocycles. The van der Waals surface area contributed by atoms with Crippen molar-refractivity contribution in [1.82, 2.24) is 0 Å². The van der Waals surface area contributed by atoms with E-state index in [1.54, 1.807) is 0 Å². The van der Waals surface area contributed by atoms with Crippen molar-refractivity contribution in [2.24, 2.45) is 0 Å². The van der Waals surface area contributed by atoms with E-state index in [4.69, 9.17) is 7.85 Å². The van der Waals surface area contributed by atoms with Crippen LogP contribution in [0.5, 0.6) is 0 Å². The predicted molar refractivity (Wildman–Crippen MR) is 71.2 cm³/mol. The maximum Gasteiger partial charge on any atom is 0.0699 e. The summed E-state index contributed by atoms with van der Waals surface area (Å²) in [5, 5.41) is 3.36. The summed E-state index contributed by atoms with van der Waals surface area (Å²) < 4.78 is 0. The number of hydrogen-bond donors (Lipinski definition) is 1. The lowest BCUT2D eigenvalue weighted by Crippen LogP contribution is -2.10. The van der Waals surface area contributed by atoms with Gasteiger partial charge < -0.3 is 5.32 Å². The highest BCUT2D eigenvalue weighted by atomic mass is 14.9. The molecule has 0 amide bonds. The Morgan fingerprint density at radius 1 is 1.06 bits per heavy atom. The van der Waals surface area contributed by atoms with Crippen LogP contribution < -0.4 is 5.32 Å². The van der Waals surface area contributed by atoms with Crippen molar-refractivity contribution in [2.75, 3.05) is 11.9 Å². The molecule has 0 bridgehead atoms. The first-order valence-corrected chi connectivity index (χ1v) is 6.43. The van der Waals surface area contributed by atoms with Crippen molar-refractivity contribution < 1.29 is 0 Å². The van der Waals surface area contributed by atoms with E-state index in [0.29, 0.717) is 5.82 Å². The van der Waals surface area contributed by atoms with Crippen molar-refractivity contribution in [1.29, 1.82) is 0 Å². The fourth-order valence-electron chi connectivity index (χ4n) is 2.37. The minimum Gasteiger partial charge on any atom is -0.385 e. The number of benzene rings is 1. The van der Waals surface area contributed by atoms with Crippen molar-refractivity contribution >= 4 is 13.5 Å². The van der Waals surface area contributed by atoms with Crippen molar-refractivity contribution in [3.63, 3.8) is 0 Å². The lowest BCUT2D eigenvalue weighted by molar-refractivity contribution is 0.830. The zero-order chi connectivity index (χ0) is 11.2. The normalized spacial score (nSPS) is 19.2. The molecular weight excluding hydrogens is 193 g/mol. The Kier molecular flexibility index (Phi) is 4.32. The summed E-state index contributed by atoms with van der Waals surface area (Å²) in [5.74, 6) is 0.546. The van der Waals surface area contributed by atoms with Crippen LogP contribution >= 0.6 is 0 Å². The molecule has 0 spiro atoms. The Morgan fingerprint density at radius 3 is 2.44 bits per heavy atom.